The van der Waals surface area contributed by atoms with Gasteiger partial charge in [-0.2, -0.15) is 4.98 Å². The summed E-state index contributed by atoms with van der Waals surface area (Å²) < 4.78 is 0. The largest absolute Gasteiger partial charge is 0.369 e. The van der Waals surface area contributed by atoms with Crippen LogP contribution in [0.25, 0.3) is 0 Å². The smallest absolute Gasteiger partial charge is 0.222 e. The van der Waals surface area contributed by atoms with E-state index in [4.69, 9.17) is 17.3 Å². The number of aryl methyl sites for hydroxylation is 1. The number of unbranched alkanes of at least 4 members (excludes halogenated alkanes) is 1. The Morgan fingerprint density at radius 1 is 1.43 bits per heavy atom. The molecule has 1 heterocycles. The molecule has 3 N–H and O–H groups in total. The average Bonchev–Trinajstić information content (AvgIpc) is 2.13. The Balaban J connectivity index is 2.75. The summed E-state index contributed by atoms with van der Waals surface area (Å²) in [7, 11) is 0. The highest BCUT2D eigenvalue weighted by molar-refractivity contribution is 6.33. The summed E-state index contributed by atoms with van der Waals surface area (Å²) in [6.45, 7) is 4.79. The number of nitrogens with zero attached hydrogens (tertiary/aromatic N) is 2. The summed E-state index contributed by atoms with van der Waals surface area (Å²) in [5.41, 5.74) is 6.22. The molecular weight excluding hydrogens is 200 g/mol. The standard InChI is InChI=1S/C9H15ClN4/c1-3-4-5-12-8-7(10)6(2)13-9(11)14-8/h3-5H2,1-2H3,(H3,11,12,13,14). The summed E-state index contributed by atoms with van der Waals surface area (Å²) in [6, 6.07) is 0. The highest BCUT2D eigenvalue weighted by Crippen LogP contribution is 2.22. The van der Waals surface area contributed by atoms with Crippen LogP contribution in [0.1, 0.15) is 25.5 Å². The first-order valence-electron chi connectivity index (χ1n) is 4.68. The van der Waals surface area contributed by atoms with Crippen molar-refractivity contribution in [2.45, 2.75) is 26.7 Å². The lowest BCUT2D eigenvalue weighted by molar-refractivity contribution is 0.830. The van der Waals surface area contributed by atoms with E-state index in [0.29, 0.717) is 16.5 Å². The van der Waals surface area contributed by atoms with Gasteiger partial charge in [-0.15, -0.1) is 0 Å². The molecule has 0 saturated carbocycles. The number of hydrogen-bond donors (Lipinski definition) is 2. The van der Waals surface area contributed by atoms with Crippen molar-refractivity contribution in [2.24, 2.45) is 0 Å². The van der Waals surface area contributed by atoms with Gasteiger partial charge in [-0.3, -0.25) is 0 Å². The summed E-state index contributed by atoms with van der Waals surface area (Å²) in [5.74, 6) is 0.885. The number of aromatic nitrogens is 2. The first kappa shape index (κ1) is 11.0. The molecule has 0 unspecified atom stereocenters. The van der Waals surface area contributed by atoms with Crippen LogP contribution in [0.4, 0.5) is 11.8 Å². The second-order valence-electron chi connectivity index (χ2n) is 3.11. The van der Waals surface area contributed by atoms with Crippen LogP contribution in [0.15, 0.2) is 0 Å². The molecule has 0 radical (unpaired) electrons. The maximum absolute atomic E-state index is 6.00. The van der Waals surface area contributed by atoms with Crippen molar-refractivity contribution >= 4 is 23.4 Å². The van der Waals surface area contributed by atoms with E-state index in [0.717, 1.165) is 19.4 Å². The van der Waals surface area contributed by atoms with Crippen LogP contribution >= 0.6 is 11.6 Å². The normalized spacial score (nSPS) is 10.2. The minimum atomic E-state index is 0.255. The average molecular weight is 215 g/mol. The number of nitrogens with one attached hydrogen (secondary N) is 1. The molecule has 1 aromatic heterocycles. The third-order valence-corrected chi connectivity index (χ3v) is 2.31. The van der Waals surface area contributed by atoms with E-state index in [1.807, 2.05) is 6.92 Å². The van der Waals surface area contributed by atoms with Crippen molar-refractivity contribution in [1.82, 2.24) is 9.97 Å². The van der Waals surface area contributed by atoms with Crippen LogP contribution in [0, 0.1) is 6.92 Å². The first-order valence-corrected chi connectivity index (χ1v) is 5.06. The minimum absolute atomic E-state index is 0.255. The van der Waals surface area contributed by atoms with Crippen LogP contribution in [0.2, 0.25) is 5.02 Å². The lowest BCUT2D eigenvalue weighted by Gasteiger charge is -2.08. The zero-order valence-electron chi connectivity index (χ0n) is 8.47. The quantitative estimate of drug-likeness (QED) is 0.755. The molecule has 0 aromatic carbocycles. The second-order valence-corrected chi connectivity index (χ2v) is 3.49. The van der Waals surface area contributed by atoms with Crippen molar-refractivity contribution in [2.75, 3.05) is 17.6 Å². The van der Waals surface area contributed by atoms with Gasteiger partial charge in [0.2, 0.25) is 5.95 Å². The van der Waals surface area contributed by atoms with Gasteiger partial charge < -0.3 is 11.1 Å². The Labute approximate surface area is 88.9 Å². The van der Waals surface area contributed by atoms with Gasteiger partial charge in [-0.25, -0.2) is 4.98 Å². The van der Waals surface area contributed by atoms with Crippen molar-refractivity contribution in [3.8, 4) is 0 Å². The van der Waals surface area contributed by atoms with E-state index in [9.17, 15) is 0 Å². The predicted octanol–water partition coefficient (Wildman–Crippen LogP) is 2.23. The van der Waals surface area contributed by atoms with Crippen LogP contribution < -0.4 is 11.1 Å². The second kappa shape index (κ2) is 5.00. The highest BCUT2D eigenvalue weighted by atomic mass is 35.5. The molecule has 78 valence electrons. The number of halogens is 1. The molecule has 0 fully saturated rings. The molecule has 4 nitrogen and oxygen atoms in total. The Morgan fingerprint density at radius 2 is 2.14 bits per heavy atom. The number of rotatable bonds is 4. The third kappa shape index (κ3) is 2.73. The number of nitrogen functional groups attached to an aromatic ring is 1. The van der Waals surface area contributed by atoms with Gasteiger partial charge in [0.25, 0.3) is 0 Å². The first-order chi connectivity index (χ1) is 6.65. The topological polar surface area (TPSA) is 63.8 Å². The number of nitrogens with two attached hydrogens (primary N) is 1. The molecule has 0 saturated heterocycles. The number of hydrogen-bond acceptors (Lipinski definition) is 4. The Kier molecular flexibility index (Phi) is 3.95. The van der Waals surface area contributed by atoms with Crippen molar-refractivity contribution in [3.05, 3.63) is 10.7 Å². The van der Waals surface area contributed by atoms with Gasteiger partial charge in [0, 0.05) is 6.54 Å². The zero-order chi connectivity index (χ0) is 10.6. The van der Waals surface area contributed by atoms with E-state index in [2.05, 4.69) is 22.2 Å². The van der Waals surface area contributed by atoms with Crippen LogP contribution in [-0.4, -0.2) is 16.5 Å². The Morgan fingerprint density at radius 3 is 2.79 bits per heavy atom. The molecule has 0 aliphatic carbocycles. The van der Waals surface area contributed by atoms with Gasteiger partial charge in [0.1, 0.15) is 5.02 Å². The highest BCUT2D eigenvalue weighted by Gasteiger charge is 2.06. The van der Waals surface area contributed by atoms with E-state index >= 15 is 0 Å². The predicted molar refractivity (Wildman–Crippen MR) is 59.6 cm³/mol. The fourth-order valence-electron chi connectivity index (χ4n) is 1.08. The van der Waals surface area contributed by atoms with E-state index < -0.39 is 0 Å². The third-order valence-electron chi connectivity index (χ3n) is 1.86. The molecule has 14 heavy (non-hydrogen) atoms. The van der Waals surface area contributed by atoms with Crippen molar-refractivity contribution < 1.29 is 0 Å². The van der Waals surface area contributed by atoms with Crippen LogP contribution in [0.5, 0.6) is 0 Å². The monoisotopic (exact) mass is 214 g/mol. The molecule has 0 amide bonds. The molecule has 0 aliphatic rings. The minimum Gasteiger partial charge on any atom is -0.369 e. The molecule has 0 atom stereocenters. The maximum Gasteiger partial charge on any atom is 0.222 e. The summed E-state index contributed by atoms with van der Waals surface area (Å²) in [4.78, 5) is 7.99. The molecule has 1 rings (SSSR count). The molecule has 0 bridgehead atoms. The Hall–Kier alpha value is -1.03. The lowest BCUT2D eigenvalue weighted by atomic mass is 10.3. The number of anilines is 2. The van der Waals surface area contributed by atoms with Gasteiger partial charge in [-0.1, -0.05) is 24.9 Å². The molecule has 1 aromatic rings. The van der Waals surface area contributed by atoms with E-state index in [1.165, 1.54) is 0 Å². The van der Waals surface area contributed by atoms with Gasteiger partial charge in [0.05, 0.1) is 5.69 Å². The molecule has 0 spiro atoms. The zero-order valence-corrected chi connectivity index (χ0v) is 9.23. The molecule has 5 heteroatoms. The fourth-order valence-corrected chi connectivity index (χ4v) is 1.23. The van der Waals surface area contributed by atoms with Crippen molar-refractivity contribution in [3.63, 3.8) is 0 Å². The van der Waals surface area contributed by atoms with Gasteiger partial charge >= 0.3 is 0 Å². The maximum atomic E-state index is 6.00. The summed E-state index contributed by atoms with van der Waals surface area (Å²) in [6.07, 6.45) is 2.21. The van der Waals surface area contributed by atoms with Gasteiger partial charge in [-0.05, 0) is 13.3 Å². The fraction of sp³-hybridized carbons (Fsp3) is 0.556. The van der Waals surface area contributed by atoms with E-state index in [-0.39, 0.29) is 5.95 Å². The van der Waals surface area contributed by atoms with Crippen molar-refractivity contribution in [1.29, 1.82) is 0 Å². The molecule has 0 aliphatic heterocycles. The van der Waals surface area contributed by atoms with E-state index in [1.54, 1.807) is 0 Å². The Bertz CT molecular complexity index is 314. The summed E-state index contributed by atoms with van der Waals surface area (Å²) in [5, 5.41) is 3.68. The van der Waals surface area contributed by atoms with Crippen LogP contribution in [0.3, 0.4) is 0 Å². The summed E-state index contributed by atoms with van der Waals surface area (Å²) >= 11 is 6.00. The lowest BCUT2D eigenvalue weighted by Crippen LogP contribution is -2.07. The molecular formula is C9H15ClN4. The van der Waals surface area contributed by atoms with Gasteiger partial charge in [0.15, 0.2) is 5.82 Å². The van der Waals surface area contributed by atoms with Crippen LogP contribution in [-0.2, 0) is 0 Å². The SMILES string of the molecule is CCCCNc1nc(N)nc(C)c1Cl.